The van der Waals surface area contributed by atoms with Gasteiger partial charge in [-0.3, -0.25) is 9.59 Å². The van der Waals surface area contributed by atoms with E-state index in [0.717, 1.165) is 11.3 Å². The summed E-state index contributed by atoms with van der Waals surface area (Å²) in [4.78, 5) is 24.8. The van der Waals surface area contributed by atoms with Crippen LogP contribution in [0.25, 0.3) is 0 Å². The normalized spacial score (nSPS) is 10.8. The van der Waals surface area contributed by atoms with Gasteiger partial charge in [0, 0.05) is 12.2 Å². The zero-order valence-electron chi connectivity index (χ0n) is 17.3. The smallest absolute Gasteiger partial charge is 0.234 e. The third kappa shape index (κ3) is 6.38. The molecule has 0 fully saturated rings. The Labute approximate surface area is 204 Å². The maximum atomic E-state index is 12.4. The number of aromatic nitrogens is 3. The van der Waals surface area contributed by atoms with Crippen LogP contribution in [0.2, 0.25) is 15.1 Å². The molecule has 3 aromatic rings. The van der Waals surface area contributed by atoms with Crippen molar-refractivity contribution >= 4 is 69.8 Å². The van der Waals surface area contributed by atoms with E-state index in [2.05, 4.69) is 20.8 Å². The average Bonchev–Trinajstić information content (AvgIpc) is 3.13. The van der Waals surface area contributed by atoms with Crippen molar-refractivity contribution in [2.24, 2.45) is 0 Å². The van der Waals surface area contributed by atoms with Crippen LogP contribution in [-0.2, 0) is 22.6 Å². The van der Waals surface area contributed by atoms with Crippen LogP contribution < -0.4 is 10.6 Å². The van der Waals surface area contributed by atoms with Gasteiger partial charge in [-0.1, -0.05) is 64.3 Å². The van der Waals surface area contributed by atoms with Crippen molar-refractivity contribution in [3.05, 3.63) is 62.9 Å². The third-order valence-electron chi connectivity index (χ3n) is 4.38. The fraction of sp³-hybridized carbons (Fsp3) is 0.238. The molecule has 0 radical (unpaired) electrons. The molecule has 2 aromatic carbocycles. The lowest BCUT2D eigenvalue weighted by atomic mass is 10.2. The first-order chi connectivity index (χ1) is 15.3. The number of nitrogens with one attached hydrogen (secondary N) is 2. The molecule has 0 bridgehead atoms. The second-order valence-electron chi connectivity index (χ2n) is 6.82. The number of hydrogen-bond acceptors (Lipinski definition) is 5. The molecule has 11 heteroatoms. The second kappa shape index (κ2) is 11.0. The monoisotopic (exact) mass is 511 g/mol. The molecule has 1 heterocycles. The molecule has 0 aliphatic rings. The van der Waals surface area contributed by atoms with Crippen molar-refractivity contribution < 1.29 is 9.59 Å². The van der Waals surface area contributed by atoms with Crippen molar-refractivity contribution in [3.63, 3.8) is 0 Å². The molecule has 0 spiro atoms. The van der Waals surface area contributed by atoms with E-state index in [1.165, 1.54) is 23.9 Å². The lowest BCUT2D eigenvalue weighted by molar-refractivity contribution is -0.116. The Kier molecular flexibility index (Phi) is 8.42. The van der Waals surface area contributed by atoms with Crippen molar-refractivity contribution in [3.8, 4) is 0 Å². The van der Waals surface area contributed by atoms with Crippen LogP contribution in [0.4, 0.5) is 11.4 Å². The predicted molar refractivity (Wildman–Crippen MR) is 130 cm³/mol. The van der Waals surface area contributed by atoms with Gasteiger partial charge in [0.15, 0.2) is 5.16 Å². The van der Waals surface area contributed by atoms with Crippen LogP contribution in [0, 0.1) is 6.92 Å². The highest BCUT2D eigenvalue weighted by Crippen LogP contribution is 2.32. The van der Waals surface area contributed by atoms with E-state index in [1.54, 1.807) is 4.57 Å². The molecular weight excluding hydrogens is 493 g/mol. The Balaban J connectivity index is 1.59. The summed E-state index contributed by atoms with van der Waals surface area (Å²) in [7, 11) is 0. The van der Waals surface area contributed by atoms with Crippen molar-refractivity contribution in [2.45, 2.75) is 32.0 Å². The summed E-state index contributed by atoms with van der Waals surface area (Å²) >= 11 is 19.2. The number of carbonyl (C=O) groups is 2. The molecule has 0 aliphatic heterocycles. The number of thioether (sulfide) groups is 1. The molecular formula is C21H20Cl3N5O2S. The quantitative estimate of drug-likeness (QED) is 0.308. The van der Waals surface area contributed by atoms with Crippen molar-refractivity contribution in [1.82, 2.24) is 14.8 Å². The minimum atomic E-state index is -0.292. The Bertz CT molecular complexity index is 1140. The summed E-state index contributed by atoms with van der Waals surface area (Å²) in [5.74, 6) is 0.108. The molecule has 1 aromatic heterocycles. The topological polar surface area (TPSA) is 88.9 Å². The van der Waals surface area contributed by atoms with E-state index in [4.69, 9.17) is 34.8 Å². The van der Waals surface area contributed by atoms with Crippen LogP contribution in [0.15, 0.2) is 41.6 Å². The summed E-state index contributed by atoms with van der Waals surface area (Å²) in [6.45, 7) is 4.46. The number of nitrogens with zero attached hydrogens (tertiary/aromatic N) is 3. The molecule has 0 atom stereocenters. The second-order valence-corrected chi connectivity index (χ2v) is 8.98. The van der Waals surface area contributed by atoms with E-state index in [1.807, 2.05) is 38.1 Å². The molecule has 0 saturated carbocycles. The van der Waals surface area contributed by atoms with Crippen LogP contribution in [0.1, 0.15) is 18.3 Å². The largest absolute Gasteiger partial charge is 0.326 e. The molecule has 32 heavy (non-hydrogen) atoms. The fourth-order valence-corrected chi connectivity index (χ4v) is 4.21. The van der Waals surface area contributed by atoms with Gasteiger partial charge in [0.05, 0.1) is 32.9 Å². The van der Waals surface area contributed by atoms with Gasteiger partial charge in [-0.2, -0.15) is 0 Å². The molecule has 2 N–H and O–H groups in total. The van der Waals surface area contributed by atoms with E-state index < -0.39 is 0 Å². The lowest BCUT2D eigenvalue weighted by Gasteiger charge is -2.10. The van der Waals surface area contributed by atoms with Gasteiger partial charge in [-0.05, 0) is 38.1 Å². The first-order valence-corrected chi connectivity index (χ1v) is 11.7. The summed E-state index contributed by atoms with van der Waals surface area (Å²) < 4.78 is 1.80. The number of anilines is 2. The first kappa shape index (κ1) is 24.4. The molecule has 3 rings (SSSR count). The van der Waals surface area contributed by atoms with Gasteiger partial charge < -0.3 is 15.2 Å². The highest BCUT2D eigenvalue weighted by Gasteiger charge is 2.17. The number of carbonyl (C=O) groups excluding carboxylic acids is 2. The Morgan fingerprint density at radius 2 is 1.66 bits per heavy atom. The number of rotatable bonds is 8. The van der Waals surface area contributed by atoms with Crippen molar-refractivity contribution in [2.75, 3.05) is 16.4 Å². The minimum Gasteiger partial charge on any atom is -0.326 e. The predicted octanol–water partition coefficient (Wildman–Crippen LogP) is 5.48. The Morgan fingerprint density at radius 3 is 2.34 bits per heavy atom. The van der Waals surface area contributed by atoms with Crippen LogP contribution in [0.3, 0.4) is 0 Å². The summed E-state index contributed by atoms with van der Waals surface area (Å²) in [6.07, 6.45) is 0.0698. The summed E-state index contributed by atoms with van der Waals surface area (Å²) in [5.41, 5.74) is 2.20. The molecule has 2 amide bonds. The third-order valence-corrected chi connectivity index (χ3v) is 6.38. The Hall–Kier alpha value is -2.26. The van der Waals surface area contributed by atoms with Gasteiger partial charge in [0.1, 0.15) is 5.82 Å². The van der Waals surface area contributed by atoms with E-state index in [9.17, 15) is 9.59 Å². The van der Waals surface area contributed by atoms with Gasteiger partial charge in [0.25, 0.3) is 0 Å². The number of halogens is 3. The summed E-state index contributed by atoms with van der Waals surface area (Å²) in [6, 6.07) is 10.5. The van der Waals surface area contributed by atoms with Gasteiger partial charge in [0.2, 0.25) is 11.8 Å². The number of amides is 2. The number of hydrogen-bond donors (Lipinski definition) is 2. The number of benzene rings is 2. The molecule has 168 valence electrons. The van der Waals surface area contributed by atoms with Crippen LogP contribution >= 0.6 is 46.6 Å². The first-order valence-electron chi connectivity index (χ1n) is 9.62. The zero-order valence-corrected chi connectivity index (χ0v) is 20.4. The zero-order chi connectivity index (χ0) is 23.3. The number of aryl methyl sites for hydroxylation is 1. The maximum absolute atomic E-state index is 12.4. The Morgan fingerprint density at radius 1 is 0.969 bits per heavy atom. The van der Waals surface area contributed by atoms with Gasteiger partial charge in [-0.15, -0.1) is 10.2 Å². The highest BCUT2D eigenvalue weighted by atomic mass is 35.5. The highest BCUT2D eigenvalue weighted by molar-refractivity contribution is 7.99. The van der Waals surface area contributed by atoms with Crippen molar-refractivity contribution in [1.29, 1.82) is 0 Å². The molecule has 7 nitrogen and oxygen atoms in total. The molecule has 0 unspecified atom stereocenters. The van der Waals surface area contributed by atoms with E-state index >= 15 is 0 Å². The molecule has 0 saturated heterocycles. The SMILES string of the molecule is CCn1c(CC(=O)Nc2ccc(C)cc2)nnc1SCC(=O)Nc1cc(Cl)c(Cl)cc1Cl. The fourth-order valence-electron chi connectivity index (χ4n) is 2.79. The van der Waals surface area contributed by atoms with E-state index in [0.29, 0.717) is 33.3 Å². The standard InChI is InChI=1S/C21H20Cl3N5O2S/c1-3-29-18(10-19(30)25-13-6-4-12(2)5-7-13)27-28-21(29)32-11-20(31)26-17-9-15(23)14(22)8-16(17)24/h4-9H,3,10-11H2,1-2H3,(H,25,30)(H,26,31). The summed E-state index contributed by atoms with van der Waals surface area (Å²) in [5, 5.41) is 15.2. The van der Waals surface area contributed by atoms with Gasteiger partial charge in [-0.25, -0.2) is 0 Å². The lowest BCUT2D eigenvalue weighted by Crippen LogP contribution is -2.18. The van der Waals surface area contributed by atoms with Crippen LogP contribution in [-0.4, -0.2) is 32.3 Å². The average molecular weight is 513 g/mol. The maximum Gasteiger partial charge on any atom is 0.234 e. The minimum absolute atomic E-state index is 0.0698. The van der Waals surface area contributed by atoms with E-state index in [-0.39, 0.29) is 29.0 Å². The van der Waals surface area contributed by atoms with Crippen LogP contribution in [0.5, 0.6) is 0 Å². The van der Waals surface area contributed by atoms with Gasteiger partial charge >= 0.3 is 0 Å². The molecule has 0 aliphatic carbocycles.